The molecule has 17 heavy (non-hydrogen) atoms. The molecule has 2 fully saturated rings. The first-order valence-electron chi connectivity index (χ1n) is 6.55. The Morgan fingerprint density at radius 1 is 1.24 bits per heavy atom. The summed E-state index contributed by atoms with van der Waals surface area (Å²) < 4.78 is 0. The molecule has 0 bridgehead atoms. The maximum atomic E-state index is 4.51. The standard InChI is InChI=1S/C13H20N4/c1-9(2)16-11-7-17(8-11)13-6-14-12(5-15-13)10-3-4-10/h5-6,9-11,16H,3-4,7-8H2,1-2H3. The van der Waals surface area contributed by atoms with E-state index in [0.717, 1.165) is 18.9 Å². The van der Waals surface area contributed by atoms with Crippen LogP contribution in [0.1, 0.15) is 38.3 Å². The SMILES string of the molecule is CC(C)NC1CN(c2cnc(C3CC3)cn2)C1. The fraction of sp³-hybridized carbons (Fsp3) is 0.692. The topological polar surface area (TPSA) is 41.0 Å². The second-order valence-electron chi connectivity index (χ2n) is 5.50. The summed E-state index contributed by atoms with van der Waals surface area (Å²) >= 11 is 0. The fourth-order valence-corrected chi connectivity index (χ4v) is 2.33. The number of nitrogens with zero attached hydrogens (tertiary/aromatic N) is 3. The number of nitrogens with one attached hydrogen (secondary N) is 1. The minimum absolute atomic E-state index is 0.561. The Balaban J connectivity index is 1.55. The Kier molecular flexibility index (Phi) is 2.74. The molecule has 0 unspecified atom stereocenters. The molecule has 1 aliphatic heterocycles. The normalized spacial score (nSPS) is 20.8. The molecule has 1 aliphatic carbocycles. The predicted octanol–water partition coefficient (Wildman–Crippen LogP) is 1.54. The summed E-state index contributed by atoms with van der Waals surface area (Å²) in [6, 6.07) is 1.17. The molecule has 3 rings (SSSR count). The van der Waals surface area contributed by atoms with Crippen LogP contribution in [0.5, 0.6) is 0 Å². The van der Waals surface area contributed by atoms with Crippen molar-refractivity contribution in [1.29, 1.82) is 0 Å². The highest BCUT2D eigenvalue weighted by molar-refractivity contribution is 5.40. The van der Waals surface area contributed by atoms with Crippen molar-refractivity contribution < 1.29 is 0 Å². The van der Waals surface area contributed by atoms with Gasteiger partial charge in [-0.05, 0) is 12.8 Å². The molecular weight excluding hydrogens is 212 g/mol. The highest BCUT2D eigenvalue weighted by Crippen LogP contribution is 2.38. The summed E-state index contributed by atoms with van der Waals surface area (Å²) in [5, 5.41) is 3.53. The lowest BCUT2D eigenvalue weighted by atomic mass is 10.1. The fourth-order valence-electron chi connectivity index (χ4n) is 2.33. The van der Waals surface area contributed by atoms with Crippen molar-refractivity contribution in [3.05, 3.63) is 18.1 Å². The monoisotopic (exact) mass is 232 g/mol. The number of aromatic nitrogens is 2. The molecular formula is C13H20N4. The van der Waals surface area contributed by atoms with Crippen LogP contribution in [-0.4, -0.2) is 35.1 Å². The van der Waals surface area contributed by atoms with E-state index in [-0.39, 0.29) is 0 Å². The molecule has 1 saturated heterocycles. The molecule has 4 heteroatoms. The number of anilines is 1. The zero-order chi connectivity index (χ0) is 11.8. The summed E-state index contributed by atoms with van der Waals surface area (Å²) in [5.41, 5.74) is 1.17. The van der Waals surface area contributed by atoms with Gasteiger partial charge in [-0.2, -0.15) is 0 Å². The molecule has 2 aliphatic rings. The van der Waals surface area contributed by atoms with Crippen molar-refractivity contribution in [3.63, 3.8) is 0 Å². The van der Waals surface area contributed by atoms with Gasteiger partial charge in [-0.1, -0.05) is 13.8 Å². The number of hydrogen-bond acceptors (Lipinski definition) is 4. The van der Waals surface area contributed by atoms with Gasteiger partial charge in [-0.3, -0.25) is 4.98 Å². The Morgan fingerprint density at radius 3 is 2.53 bits per heavy atom. The quantitative estimate of drug-likeness (QED) is 0.855. The van der Waals surface area contributed by atoms with Gasteiger partial charge in [-0.15, -0.1) is 0 Å². The van der Waals surface area contributed by atoms with E-state index in [0.29, 0.717) is 18.0 Å². The van der Waals surface area contributed by atoms with E-state index >= 15 is 0 Å². The first-order valence-corrected chi connectivity index (χ1v) is 6.55. The van der Waals surface area contributed by atoms with Gasteiger partial charge in [0.15, 0.2) is 0 Å². The van der Waals surface area contributed by atoms with Crippen molar-refractivity contribution >= 4 is 5.82 Å². The molecule has 1 saturated carbocycles. The van der Waals surface area contributed by atoms with E-state index in [2.05, 4.69) is 34.0 Å². The van der Waals surface area contributed by atoms with E-state index in [1.54, 1.807) is 0 Å². The maximum absolute atomic E-state index is 4.51. The minimum atomic E-state index is 0.561. The second-order valence-corrected chi connectivity index (χ2v) is 5.50. The average molecular weight is 232 g/mol. The Labute approximate surface area is 102 Å². The minimum Gasteiger partial charge on any atom is -0.352 e. The van der Waals surface area contributed by atoms with Crippen LogP contribution < -0.4 is 10.2 Å². The third-order valence-electron chi connectivity index (χ3n) is 3.43. The van der Waals surface area contributed by atoms with Crippen molar-refractivity contribution in [1.82, 2.24) is 15.3 Å². The lowest BCUT2D eigenvalue weighted by Gasteiger charge is -2.41. The van der Waals surface area contributed by atoms with Crippen molar-refractivity contribution in [2.75, 3.05) is 18.0 Å². The lowest BCUT2D eigenvalue weighted by molar-refractivity contribution is 0.387. The number of hydrogen-bond donors (Lipinski definition) is 1. The first-order chi connectivity index (χ1) is 8.22. The summed E-state index contributed by atoms with van der Waals surface area (Å²) in [6.45, 7) is 6.48. The average Bonchev–Trinajstić information content (AvgIpc) is 3.07. The third-order valence-corrected chi connectivity index (χ3v) is 3.43. The van der Waals surface area contributed by atoms with Crippen LogP contribution in [0.15, 0.2) is 12.4 Å². The zero-order valence-electron chi connectivity index (χ0n) is 10.6. The Hall–Kier alpha value is -1.16. The molecule has 92 valence electrons. The van der Waals surface area contributed by atoms with Gasteiger partial charge in [0.2, 0.25) is 0 Å². The molecule has 4 nitrogen and oxygen atoms in total. The van der Waals surface area contributed by atoms with Crippen molar-refractivity contribution in [2.24, 2.45) is 0 Å². The largest absolute Gasteiger partial charge is 0.352 e. The summed E-state index contributed by atoms with van der Waals surface area (Å²) in [4.78, 5) is 11.3. The van der Waals surface area contributed by atoms with E-state index in [9.17, 15) is 0 Å². The highest BCUT2D eigenvalue weighted by atomic mass is 15.3. The molecule has 0 atom stereocenters. The van der Waals surface area contributed by atoms with Gasteiger partial charge < -0.3 is 10.2 Å². The molecule has 1 aromatic rings. The van der Waals surface area contributed by atoms with E-state index in [1.165, 1.54) is 18.5 Å². The molecule has 0 spiro atoms. The Bertz CT molecular complexity index is 377. The van der Waals surface area contributed by atoms with Gasteiger partial charge in [-0.25, -0.2) is 4.98 Å². The van der Waals surface area contributed by atoms with Crippen LogP contribution in [0, 0.1) is 0 Å². The van der Waals surface area contributed by atoms with Crippen LogP contribution in [-0.2, 0) is 0 Å². The van der Waals surface area contributed by atoms with Gasteiger partial charge >= 0.3 is 0 Å². The first kappa shape index (κ1) is 11.0. The van der Waals surface area contributed by atoms with Crippen LogP contribution in [0.25, 0.3) is 0 Å². The third kappa shape index (κ3) is 2.41. The van der Waals surface area contributed by atoms with Crippen molar-refractivity contribution in [2.45, 2.75) is 44.7 Å². The van der Waals surface area contributed by atoms with E-state index in [4.69, 9.17) is 0 Å². The molecule has 0 aromatic carbocycles. The maximum Gasteiger partial charge on any atom is 0.147 e. The molecule has 0 amide bonds. The van der Waals surface area contributed by atoms with Gasteiger partial charge in [0, 0.05) is 31.1 Å². The summed E-state index contributed by atoms with van der Waals surface area (Å²) in [6.07, 6.45) is 6.46. The van der Waals surface area contributed by atoms with Gasteiger partial charge in [0.05, 0.1) is 18.1 Å². The van der Waals surface area contributed by atoms with E-state index < -0.39 is 0 Å². The van der Waals surface area contributed by atoms with Crippen LogP contribution in [0.4, 0.5) is 5.82 Å². The number of rotatable bonds is 4. The van der Waals surface area contributed by atoms with E-state index in [1.807, 2.05) is 12.4 Å². The van der Waals surface area contributed by atoms with Gasteiger partial charge in [0.1, 0.15) is 5.82 Å². The highest BCUT2D eigenvalue weighted by Gasteiger charge is 2.29. The Morgan fingerprint density at radius 2 is 2.00 bits per heavy atom. The summed E-state index contributed by atoms with van der Waals surface area (Å²) in [5.74, 6) is 1.72. The molecule has 1 aromatic heterocycles. The second kappa shape index (κ2) is 4.26. The van der Waals surface area contributed by atoms with Crippen LogP contribution >= 0.6 is 0 Å². The predicted molar refractivity (Wildman–Crippen MR) is 68.3 cm³/mol. The summed E-state index contributed by atoms with van der Waals surface area (Å²) in [7, 11) is 0. The van der Waals surface area contributed by atoms with Crippen LogP contribution in [0.2, 0.25) is 0 Å². The van der Waals surface area contributed by atoms with Gasteiger partial charge in [0.25, 0.3) is 0 Å². The van der Waals surface area contributed by atoms with Crippen LogP contribution in [0.3, 0.4) is 0 Å². The molecule has 2 heterocycles. The molecule has 0 radical (unpaired) electrons. The lowest BCUT2D eigenvalue weighted by Crippen LogP contribution is -2.59. The zero-order valence-corrected chi connectivity index (χ0v) is 10.6. The van der Waals surface area contributed by atoms with Crippen molar-refractivity contribution in [3.8, 4) is 0 Å². The smallest absolute Gasteiger partial charge is 0.147 e. The molecule has 1 N–H and O–H groups in total.